The average Bonchev–Trinajstić information content (AvgIpc) is 2.37. The molecule has 0 atom stereocenters. The summed E-state index contributed by atoms with van der Waals surface area (Å²) in [5.41, 5.74) is 1.97. The van der Waals surface area contributed by atoms with E-state index in [-0.39, 0.29) is 30.1 Å². The van der Waals surface area contributed by atoms with Gasteiger partial charge in [-0.3, -0.25) is 10.6 Å². The number of halogens is 1. The summed E-state index contributed by atoms with van der Waals surface area (Å²) in [6.07, 6.45) is 0. The number of nitrogens with two attached hydrogens (primary N) is 1. The van der Waals surface area contributed by atoms with Gasteiger partial charge in [0.15, 0.2) is 0 Å². The third kappa shape index (κ3) is 4.44. The van der Waals surface area contributed by atoms with Crippen molar-refractivity contribution < 1.29 is 17.6 Å². The van der Waals surface area contributed by atoms with Crippen LogP contribution in [-0.2, 0) is 10.0 Å². The Kier molecular flexibility index (Phi) is 5.86. The van der Waals surface area contributed by atoms with Crippen molar-refractivity contribution in [1.29, 1.82) is 0 Å². The molecule has 0 saturated carbocycles. The van der Waals surface area contributed by atoms with Crippen molar-refractivity contribution in [3.63, 3.8) is 0 Å². The number of hydrogen-bond donors (Lipinski definition) is 4. The zero-order valence-corrected chi connectivity index (χ0v) is 11.8. The summed E-state index contributed by atoms with van der Waals surface area (Å²) >= 11 is 0. The molecular weight excluding hydrogens is 287 g/mol. The summed E-state index contributed by atoms with van der Waals surface area (Å²) in [5, 5.41) is 2.40. The van der Waals surface area contributed by atoms with Gasteiger partial charge in [-0.15, -0.1) is 0 Å². The first-order valence-corrected chi connectivity index (χ1v) is 7.57. The molecule has 1 aromatic rings. The largest absolute Gasteiger partial charge is 0.351 e. The zero-order chi connectivity index (χ0) is 15.2. The van der Waals surface area contributed by atoms with Gasteiger partial charge >= 0.3 is 0 Å². The quantitative estimate of drug-likeness (QED) is 0.411. The molecule has 5 N–H and O–H groups in total. The SMILES string of the molecule is CCNS(=O)(=O)CCNC(=O)c1cccc(F)c1NN. The number of nitrogens with one attached hydrogen (secondary N) is 3. The molecule has 1 amide bonds. The topological polar surface area (TPSA) is 113 Å². The second-order valence-electron chi connectivity index (χ2n) is 3.88. The van der Waals surface area contributed by atoms with Crippen molar-refractivity contribution in [3.8, 4) is 0 Å². The van der Waals surface area contributed by atoms with Crippen LogP contribution in [0.4, 0.5) is 10.1 Å². The minimum atomic E-state index is -3.41. The molecule has 0 aliphatic rings. The molecular formula is C11H17FN4O3S. The Morgan fingerprint density at radius 3 is 2.70 bits per heavy atom. The highest BCUT2D eigenvalue weighted by Gasteiger charge is 2.15. The number of carbonyl (C=O) groups excluding carboxylic acids is 1. The van der Waals surface area contributed by atoms with E-state index < -0.39 is 21.7 Å². The van der Waals surface area contributed by atoms with Gasteiger partial charge in [-0.1, -0.05) is 13.0 Å². The first kappa shape index (κ1) is 16.3. The van der Waals surface area contributed by atoms with Crippen LogP contribution in [0.1, 0.15) is 17.3 Å². The molecule has 0 aromatic heterocycles. The van der Waals surface area contributed by atoms with Crippen LogP contribution in [0.25, 0.3) is 0 Å². The minimum Gasteiger partial charge on any atom is -0.351 e. The van der Waals surface area contributed by atoms with Gasteiger partial charge in [0, 0.05) is 13.1 Å². The molecule has 0 radical (unpaired) electrons. The van der Waals surface area contributed by atoms with Gasteiger partial charge in [0.25, 0.3) is 5.91 Å². The summed E-state index contributed by atoms with van der Waals surface area (Å²) < 4.78 is 38.4. The van der Waals surface area contributed by atoms with Gasteiger partial charge in [-0.05, 0) is 12.1 Å². The highest BCUT2D eigenvalue weighted by Crippen LogP contribution is 2.18. The molecule has 9 heteroatoms. The van der Waals surface area contributed by atoms with E-state index in [1.165, 1.54) is 12.1 Å². The molecule has 1 aromatic carbocycles. The van der Waals surface area contributed by atoms with Crippen LogP contribution >= 0.6 is 0 Å². The van der Waals surface area contributed by atoms with E-state index in [2.05, 4.69) is 15.5 Å². The zero-order valence-electron chi connectivity index (χ0n) is 10.9. The number of carbonyl (C=O) groups is 1. The third-order valence-corrected chi connectivity index (χ3v) is 3.89. The van der Waals surface area contributed by atoms with Gasteiger partial charge in [-0.2, -0.15) is 0 Å². The maximum absolute atomic E-state index is 13.4. The van der Waals surface area contributed by atoms with Crippen LogP contribution in [0.3, 0.4) is 0 Å². The van der Waals surface area contributed by atoms with Crippen LogP contribution in [-0.4, -0.2) is 33.2 Å². The van der Waals surface area contributed by atoms with E-state index in [1.54, 1.807) is 6.92 Å². The Morgan fingerprint density at radius 1 is 1.40 bits per heavy atom. The molecule has 1 rings (SSSR count). The van der Waals surface area contributed by atoms with E-state index in [0.717, 1.165) is 6.07 Å². The van der Waals surface area contributed by atoms with Gasteiger partial charge in [0.2, 0.25) is 10.0 Å². The Morgan fingerprint density at radius 2 is 2.10 bits per heavy atom. The fourth-order valence-electron chi connectivity index (χ4n) is 1.55. The maximum atomic E-state index is 13.4. The van der Waals surface area contributed by atoms with Crippen LogP contribution in [0.15, 0.2) is 18.2 Å². The highest BCUT2D eigenvalue weighted by molar-refractivity contribution is 7.89. The Labute approximate surface area is 116 Å². The first-order chi connectivity index (χ1) is 9.41. The minimum absolute atomic E-state index is 0.00773. The monoisotopic (exact) mass is 304 g/mol. The van der Waals surface area contributed by atoms with Crippen molar-refractivity contribution in [2.75, 3.05) is 24.3 Å². The molecule has 0 aliphatic heterocycles. The molecule has 0 fully saturated rings. The van der Waals surface area contributed by atoms with Crippen molar-refractivity contribution in [3.05, 3.63) is 29.6 Å². The predicted molar refractivity (Wildman–Crippen MR) is 74.0 cm³/mol. The summed E-state index contributed by atoms with van der Waals surface area (Å²) in [6, 6.07) is 3.90. The lowest BCUT2D eigenvalue weighted by molar-refractivity contribution is 0.0956. The number of hydrogen-bond acceptors (Lipinski definition) is 5. The van der Waals surface area contributed by atoms with E-state index in [9.17, 15) is 17.6 Å². The molecule has 0 spiro atoms. The molecule has 20 heavy (non-hydrogen) atoms. The maximum Gasteiger partial charge on any atom is 0.253 e. The number of anilines is 1. The lowest BCUT2D eigenvalue weighted by atomic mass is 10.1. The van der Waals surface area contributed by atoms with Crippen LogP contribution in [0, 0.1) is 5.82 Å². The number of amides is 1. The molecule has 0 heterocycles. The summed E-state index contributed by atoms with van der Waals surface area (Å²) in [7, 11) is -3.41. The molecule has 0 bridgehead atoms. The Bertz CT molecular complexity index is 577. The highest BCUT2D eigenvalue weighted by atomic mass is 32.2. The Hall–Kier alpha value is -1.71. The van der Waals surface area contributed by atoms with Gasteiger partial charge in [0.1, 0.15) is 5.82 Å². The van der Waals surface area contributed by atoms with E-state index in [0.29, 0.717) is 0 Å². The van der Waals surface area contributed by atoms with Crippen molar-refractivity contribution in [1.82, 2.24) is 10.0 Å². The number of rotatable bonds is 7. The number of hydrazine groups is 1. The lowest BCUT2D eigenvalue weighted by Crippen LogP contribution is -2.34. The standard InChI is InChI=1S/C11H17FN4O3S/c1-2-15-20(18,19)7-6-14-11(17)8-4-3-5-9(12)10(8)16-13/h3-5,15-16H,2,6-7,13H2,1H3,(H,14,17). The van der Waals surface area contributed by atoms with Crippen molar-refractivity contribution in [2.45, 2.75) is 6.92 Å². The number of nitrogen functional groups attached to an aromatic ring is 1. The summed E-state index contributed by atoms with van der Waals surface area (Å²) in [4.78, 5) is 11.8. The van der Waals surface area contributed by atoms with Crippen LogP contribution in [0.5, 0.6) is 0 Å². The van der Waals surface area contributed by atoms with Gasteiger partial charge < -0.3 is 10.7 Å². The number of para-hydroxylation sites is 1. The van der Waals surface area contributed by atoms with E-state index >= 15 is 0 Å². The average molecular weight is 304 g/mol. The second-order valence-corrected chi connectivity index (χ2v) is 5.81. The third-order valence-electron chi connectivity index (χ3n) is 2.42. The van der Waals surface area contributed by atoms with E-state index in [4.69, 9.17) is 5.84 Å². The van der Waals surface area contributed by atoms with Crippen LogP contribution in [0.2, 0.25) is 0 Å². The summed E-state index contributed by atoms with van der Waals surface area (Å²) in [6.45, 7) is 1.85. The number of benzene rings is 1. The second kappa shape index (κ2) is 7.17. The predicted octanol–water partition coefficient (Wildman–Crippen LogP) is -0.220. The lowest BCUT2D eigenvalue weighted by Gasteiger charge is -2.10. The molecule has 0 aliphatic carbocycles. The fraction of sp³-hybridized carbons (Fsp3) is 0.364. The Balaban J connectivity index is 2.67. The van der Waals surface area contributed by atoms with Crippen molar-refractivity contribution >= 4 is 21.6 Å². The number of sulfonamides is 1. The van der Waals surface area contributed by atoms with Gasteiger partial charge in [-0.25, -0.2) is 17.5 Å². The molecule has 112 valence electrons. The van der Waals surface area contributed by atoms with E-state index in [1.807, 2.05) is 0 Å². The smallest absolute Gasteiger partial charge is 0.253 e. The fourth-order valence-corrected chi connectivity index (χ4v) is 2.50. The molecule has 0 saturated heterocycles. The normalized spacial score (nSPS) is 11.2. The van der Waals surface area contributed by atoms with Gasteiger partial charge in [0.05, 0.1) is 17.0 Å². The van der Waals surface area contributed by atoms with Crippen LogP contribution < -0.4 is 21.3 Å². The molecule has 0 unspecified atom stereocenters. The first-order valence-electron chi connectivity index (χ1n) is 5.92. The summed E-state index contributed by atoms with van der Waals surface area (Å²) in [5.74, 6) is 3.62. The molecule has 7 nitrogen and oxygen atoms in total. The van der Waals surface area contributed by atoms with Crippen molar-refractivity contribution in [2.24, 2.45) is 5.84 Å².